The monoisotopic (exact) mass is 340 g/mol. The van der Waals surface area contributed by atoms with Crippen LogP contribution in [0.3, 0.4) is 0 Å². The Balaban J connectivity index is 2.55. The first-order valence-electron chi connectivity index (χ1n) is 7.46. The smallest absolute Gasteiger partial charge is 0.269 e. The minimum atomic E-state index is -0.222. The molecule has 2 rings (SSSR count). The minimum absolute atomic E-state index is 0.0609. The number of hydrogen-bond acceptors (Lipinski definition) is 6. The molecule has 0 saturated carbocycles. The highest BCUT2D eigenvalue weighted by molar-refractivity contribution is 7.07. The summed E-state index contributed by atoms with van der Waals surface area (Å²) in [5, 5.41) is 18.3. The van der Waals surface area contributed by atoms with Crippen LogP contribution in [0.4, 0.5) is 0 Å². The number of nitrogens with zero attached hydrogens (tertiary/aromatic N) is 4. The van der Waals surface area contributed by atoms with Crippen LogP contribution in [0.15, 0.2) is 29.2 Å². The molecule has 0 bridgehead atoms. The molecule has 0 saturated heterocycles. The molecule has 7 heteroatoms. The summed E-state index contributed by atoms with van der Waals surface area (Å²) in [4.78, 5) is 16.8. The van der Waals surface area contributed by atoms with Gasteiger partial charge in [0.05, 0.1) is 10.2 Å². The first-order valence-corrected chi connectivity index (χ1v) is 8.27. The molecule has 0 radical (unpaired) electrons. The summed E-state index contributed by atoms with van der Waals surface area (Å²) in [6, 6.07) is 9.13. The molecule has 6 nitrogen and oxygen atoms in total. The van der Waals surface area contributed by atoms with Gasteiger partial charge in [0.15, 0.2) is 5.57 Å². The molecule has 0 aliphatic heterocycles. The normalized spacial score (nSPS) is 11.0. The fraction of sp³-hybridized carbons (Fsp3) is 0.294. The lowest BCUT2D eigenvalue weighted by molar-refractivity contribution is 0.141. The molecule has 0 N–H and O–H groups in total. The molecule has 2 aromatic heterocycles. The van der Waals surface area contributed by atoms with Crippen LogP contribution in [0.25, 0.3) is 11.6 Å². The average molecular weight is 340 g/mol. The van der Waals surface area contributed by atoms with Crippen LogP contribution >= 0.6 is 11.3 Å². The second kappa shape index (κ2) is 8.78. The Hall–Kier alpha value is -2.74. The van der Waals surface area contributed by atoms with Crippen LogP contribution in [0.1, 0.15) is 19.0 Å². The number of aromatic nitrogens is 2. The van der Waals surface area contributed by atoms with E-state index in [0.717, 1.165) is 11.3 Å². The third-order valence-electron chi connectivity index (χ3n) is 3.19. The SMILES string of the molecule is CCOCCCn1c(=C(C#N)C#N)sc(=Cc2ccccn2)c1=O. The highest BCUT2D eigenvalue weighted by Crippen LogP contribution is 1.95. The summed E-state index contributed by atoms with van der Waals surface area (Å²) in [7, 11) is 0. The van der Waals surface area contributed by atoms with Crippen LogP contribution in [-0.4, -0.2) is 22.8 Å². The summed E-state index contributed by atoms with van der Waals surface area (Å²) < 4.78 is 7.58. The van der Waals surface area contributed by atoms with Crippen molar-refractivity contribution in [2.75, 3.05) is 13.2 Å². The van der Waals surface area contributed by atoms with Crippen LogP contribution in [-0.2, 0) is 11.3 Å². The number of thiazole rings is 1. The maximum Gasteiger partial charge on any atom is 0.269 e. The Morgan fingerprint density at radius 3 is 2.83 bits per heavy atom. The highest BCUT2D eigenvalue weighted by Gasteiger charge is 2.09. The second-order valence-corrected chi connectivity index (χ2v) is 5.81. The quantitative estimate of drug-likeness (QED) is 0.724. The largest absolute Gasteiger partial charge is 0.382 e. The van der Waals surface area contributed by atoms with Crippen molar-refractivity contribution in [2.24, 2.45) is 0 Å². The molecule has 0 unspecified atom stereocenters. The van der Waals surface area contributed by atoms with Crippen molar-refractivity contribution in [2.45, 2.75) is 19.9 Å². The number of pyridine rings is 1. The summed E-state index contributed by atoms with van der Waals surface area (Å²) in [6.07, 6.45) is 3.94. The average Bonchev–Trinajstić information content (AvgIpc) is 2.90. The second-order valence-electron chi connectivity index (χ2n) is 4.78. The highest BCUT2D eigenvalue weighted by atomic mass is 32.1. The van der Waals surface area contributed by atoms with Crippen molar-refractivity contribution < 1.29 is 4.74 Å². The Kier molecular flexibility index (Phi) is 6.44. The molecule has 2 heterocycles. The maximum absolute atomic E-state index is 12.6. The molecular formula is C17H16N4O2S. The number of hydrogen-bond donors (Lipinski definition) is 0. The Labute approximate surface area is 143 Å². The first-order chi connectivity index (χ1) is 11.7. The zero-order chi connectivity index (χ0) is 17.4. The van der Waals surface area contributed by atoms with Crippen molar-refractivity contribution in [1.82, 2.24) is 9.55 Å². The van der Waals surface area contributed by atoms with E-state index in [4.69, 9.17) is 15.3 Å². The van der Waals surface area contributed by atoms with E-state index in [2.05, 4.69) is 4.98 Å². The third-order valence-corrected chi connectivity index (χ3v) is 4.32. The molecule has 24 heavy (non-hydrogen) atoms. The van der Waals surface area contributed by atoms with Gasteiger partial charge in [0, 0.05) is 26.0 Å². The van der Waals surface area contributed by atoms with E-state index in [-0.39, 0.29) is 11.1 Å². The molecule has 2 aromatic rings. The Morgan fingerprint density at radius 1 is 1.42 bits per heavy atom. The van der Waals surface area contributed by atoms with Gasteiger partial charge in [-0.1, -0.05) is 6.07 Å². The van der Waals surface area contributed by atoms with Gasteiger partial charge < -0.3 is 4.74 Å². The predicted molar refractivity (Wildman–Crippen MR) is 91.4 cm³/mol. The van der Waals surface area contributed by atoms with Gasteiger partial charge in [-0.2, -0.15) is 10.5 Å². The van der Waals surface area contributed by atoms with E-state index < -0.39 is 0 Å². The summed E-state index contributed by atoms with van der Waals surface area (Å²) in [6.45, 7) is 3.43. The topological polar surface area (TPSA) is 91.7 Å². The molecular weight excluding hydrogens is 324 g/mol. The van der Waals surface area contributed by atoms with Crippen molar-refractivity contribution in [3.8, 4) is 12.1 Å². The number of nitriles is 2. The minimum Gasteiger partial charge on any atom is -0.382 e. The van der Waals surface area contributed by atoms with Crippen LogP contribution in [0.2, 0.25) is 0 Å². The van der Waals surface area contributed by atoms with Crippen molar-refractivity contribution >= 4 is 23.0 Å². The van der Waals surface area contributed by atoms with Crippen LogP contribution in [0.5, 0.6) is 0 Å². The van der Waals surface area contributed by atoms with Crippen molar-refractivity contribution in [1.29, 1.82) is 10.5 Å². The molecule has 0 atom stereocenters. The van der Waals surface area contributed by atoms with E-state index in [1.165, 1.54) is 4.57 Å². The third kappa shape index (κ3) is 4.17. The van der Waals surface area contributed by atoms with Gasteiger partial charge in [0.1, 0.15) is 16.8 Å². The van der Waals surface area contributed by atoms with Crippen LogP contribution in [0, 0.1) is 22.7 Å². The summed E-state index contributed by atoms with van der Waals surface area (Å²) in [5.74, 6) is 0. The fourth-order valence-corrected chi connectivity index (χ4v) is 3.16. The van der Waals surface area contributed by atoms with Crippen molar-refractivity contribution in [3.63, 3.8) is 0 Å². The van der Waals surface area contributed by atoms with E-state index in [0.29, 0.717) is 41.1 Å². The number of rotatable bonds is 6. The fourth-order valence-electron chi connectivity index (χ4n) is 2.09. The van der Waals surface area contributed by atoms with Gasteiger partial charge in [0.25, 0.3) is 5.56 Å². The summed E-state index contributed by atoms with van der Waals surface area (Å²) >= 11 is 1.13. The Bertz CT molecular complexity index is 930. The molecule has 0 fully saturated rings. The molecule has 0 aliphatic rings. The van der Waals surface area contributed by atoms with Gasteiger partial charge in [-0.25, -0.2) is 0 Å². The van der Waals surface area contributed by atoms with Crippen molar-refractivity contribution in [3.05, 3.63) is 49.6 Å². The lowest BCUT2D eigenvalue weighted by Crippen LogP contribution is -2.32. The first kappa shape index (κ1) is 17.6. The zero-order valence-electron chi connectivity index (χ0n) is 13.2. The van der Waals surface area contributed by atoms with Gasteiger partial charge in [-0.15, -0.1) is 11.3 Å². The molecule has 0 amide bonds. The van der Waals surface area contributed by atoms with E-state index in [1.807, 2.05) is 25.1 Å². The zero-order valence-corrected chi connectivity index (χ0v) is 14.0. The lowest BCUT2D eigenvalue weighted by atomic mass is 10.3. The van der Waals surface area contributed by atoms with Crippen LogP contribution < -0.4 is 14.8 Å². The maximum atomic E-state index is 12.6. The van der Waals surface area contributed by atoms with Gasteiger partial charge in [-0.3, -0.25) is 14.3 Å². The molecule has 122 valence electrons. The van der Waals surface area contributed by atoms with Gasteiger partial charge in [-0.05, 0) is 31.6 Å². The molecule has 0 spiro atoms. The van der Waals surface area contributed by atoms with Gasteiger partial charge in [0.2, 0.25) is 0 Å². The van der Waals surface area contributed by atoms with Gasteiger partial charge >= 0.3 is 0 Å². The predicted octanol–water partition coefficient (Wildman–Crippen LogP) is 0.758. The number of ether oxygens (including phenoxy) is 1. The van der Waals surface area contributed by atoms with E-state index >= 15 is 0 Å². The Morgan fingerprint density at radius 2 is 2.21 bits per heavy atom. The molecule has 0 aromatic carbocycles. The van der Waals surface area contributed by atoms with E-state index in [9.17, 15) is 4.79 Å². The van der Waals surface area contributed by atoms with E-state index in [1.54, 1.807) is 24.4 Å². The lowest BCUT2D eigenvalue weighted by Gasteiger charge is -2.02. The molecule has 0 aliphatic carbocycles. The summed E-state index contributed by atoms with van der Waals surface area (Å²) in [5.41, 5.74) is 0.369. The standard InChI is InChI=1S/C17H16N4O2S/c1-2-23-9-5-8-21-16(22)15(10-14-6-3-4-7-20-14)24-17(21)13(11-18)12-19/h3-4,6-7,10H,2,5,8-9H2,1H3.